The average Bonchev–Trinajstić information content (AvgIpc) is 3.37. The molecule has 2 atom stereocenters. The molecule has 5 rings (SSSR count). The van der Waals surface area contributed by atoms with Crippen molar-refractivity contribution in [2.24, 2.45) is 11.8 Å². The zero-order valence-electron chi connectivity index (χ0n) is 18.8. The first-order chi connectivity index (χ1) is 16.1. The number of hydrogen-bond acceptors (Lipinski definition) is 6. The monoisotopic (exact) mass is 452 g/mol. The maximum Gasteiger partial charge on any atom is 0.254 e. The van der Waals surface area contributed by atoms with Gasteiger partial charge in [0.2, 0.25) is 12.7 Å². The van der Waals surface area contributed by atoms with Crippen LogP contribution < -0.4 is 24.3 Å². The number of likely N-dealkylation sites (tertiary alicyclic amines) is 1. The lowest BCUT2D eigenvalue weighted by Crippen LogP contribution is -2.36. The second-order valence-corrected chi connectivity index (χ2v) is 8.76. The molecule has 0 unspecified atom stereocenters. The molecule has 2 aromatic rings. The van der Waals surface area contributed by atoms with Gasteiger partial charge < -0.3 is 29.2 Å². The van der Waals surface area contributed by atoms with E-state index in [1.165, 1.54) is 0 Å². The molecule has 0 aromatic heterocycles. The number of fused-ring (bicyclic) bond motifs is 1. The molecule has 2 aliphatic heterocycles. The van der Waals surface area contributed by atoms with Gasteiger partial charge in [0.1, 0.15) is 0 Å². The molecule has 33 heavy (non-hydrogen) atoms. The minimum Gasteiger partial charge on any atom is -0.493 e. The molecule has 0 radical (unpaired) electrons. The molecular formula is C25H28N2O6. The Morgan fingerprint density at radius 3 is 2.64 bits per heavy atom. The van der Waals surface area contributed by atoms with Gasteiger partial charge >= 0.3 is 0 Å². The Morgan fingerprint density at radius 2 is 1.88 bits per heavy atom. The van der Waals surface area contributed by atoms with Crippen LogP contribution in [0.4, 0.5) is 0 Å². The quantitative estimate of drug-likeness (QED) is 0.695. The number of nitrogens with zero attached hydrogens (tertiary/aromatic N) is 1. The van der Waals surface area contributed by atoms with Crippen LogP contribution in [-0.4, -0.2) is 57.4 Å². The van der Waals surface area contributed by atoms with E-state index in [1.807, 2.05) is 18.2 Å². The zero-order valence-corrected chi connectivity index (χ0v) is 18.8. The number of hydrogen-bond donors (Lipinski definition) is 1. The van der Waals surface area contributed by atoms with Crippen molar-refractivity contribution in [2.75, 3.05) is 40.6 Å². The highest BCUT2D eigenvalue weighted by Crippen LogP contribution is 2.42. The van der Waals surface area contributed by atoms with E-state index in [9.17, 15) is 9.59 Å². The van der Waals surface area contributed by atoms with E-state index >= 15 is 0 Å². The summed E-state index contributed by atoms with van der Waals surface area (Å²) >= 11 is 0. The van der Waals surface area contributed by atoms with Crippen LogP contribution in [0.15, 0.2) is 36.4 Å². The Kier molecular flexibility index (Phi) is 5.74. The molecule has 1 saturated heterocycles. The van der Waals surface area contributed by atoms with Crippen molar-refractivity contribution in [3.63, 3.8) is 0 Å². The number of carbonyl (C=O) groups is 2. The number of nitrogens with one attached hydrogen (secondary N) is 1. The van der Waals surface area contributed by atoms with Gasteiger partial charge in [0.25, 0.3) is 5.91 Å². The Balaban J connectivity index is 1.43. The Labute approximate surface area is 192 Å². The van der Waals surface area contributed by atoms with Crippen LogP contribution in [0.1, 0.15) is 34.7 Å². The van der Waals surface area contributed by atoms with E-state index in [4.69, 9.17) is 18.9 Å². The average molecular weight is 453 g/mol. The Morgan fingerprint density at radius 1 is 1.06 bits per heavy atom. The number of para-hydroxylation sites is 1. The highest BCUT2D eigenvalue weighted by Gasteiger charge is 2.42. The van der Waals surface area contributed by atoms with Crippen molar-refractivity contribution < 1.29 is 28.5 Å². The molecule has 0 spiro atoms. The summed E-state index contributed by atoms with van der Waals surface area (Å²) in [5.41, 5.74) is 1.37. The van der Waals surface area contributed by atoms with Crippen molar-refractivity contribution in [1.29, 1.82) is 0 Å². The van der Waals surface area contributed by atoms with Crippen molar-refractivity contribution in [3.8, 4) is 23.0 Å². The van der Waals surface area contributed by atoms with E-state index in [1.54, 1.807) is 37.3 Å². The minimum absolute atomic E-state index is 0.0299. The summed E-state index contributed by atoms with van der Waals surface area (Å²) in [5.74, 6) is 2.20. The summed E-state index contributed by atoms with van der Waals surface area (Å²) in [6.07, 6.45) is 2.32. The molecule has 2 heterocycles. The first-order valence-corrected chi connectivity index (χ1v) is 11.3. The summed E-state index contributed by atoms with van der Waals surface area (Å²) in [4.78, 5) is 28.3. The fourth-order valence-corrected chi connectivity index (χ4v) is 4.66. The number of ether oxygens (including phenoxy) is 4. The number of methoxy groups -OCH3 is 2. The van der Waals surface area contributed by atoms with Gasteiger partial charge in [-0.2, -0.15) is 0 Å². The molecule has 174 valence electrons. The van der Waals surface area contributed by atoms with Crippen LogP contribution in [0, 0.1) is 11.8 Å². The first kappa shape index (κ1) is 21.4. The van der Waals surface area contributed by atoms with Crippen LogP contribution in [0.3, 0.4) is 0 Å². The fourth-order valence-electron chi connectivity index (χ4n) is 4.66. The normalized spacial score (nSPS) is 21.1. The molecule has 1 saturated carbocycles. The minimum atomic E-state index is -0.386. The molecule has 2 amide bonds. The summed E-state index contributed by atoms with van der Waals surface area (Å²) in [7, 11) is 3.18. The summed E-state index contributed by atoms with van der Waals surface area (Å²) in [6, 6.07) is 10.8. The lowest BCUT2D eigenvalue weighted by molar-refractivity contribution is -0.125. The van der Waals surface area contributed by atoms with Crippen LogP contribution in [0.2, 0.25) is 0 Å². The second-order valence-electron chi connectivity index (χ2n) is 8.76. The van der Waals surface area contributed by atoms with Gasteiger partial charge in [0, 0.05) is 36.7 Å². The van der Waals surface area contributed by atoms with E-state index in [2.05, 4.69) is 5.32 Å². The molecule has 2 aromatic carbocycles. The lowest BCUT2D eigenvalue weighted by atomic mass is 9.87. The standard InChI is InChI=1S/C25H28N2O6/c1-30-21-5-3-4-17(23(21)31-2)18-12-27(13-19(18)24(28)26-11-15-6-7-15)25(29)16-8-9-20-22(10-16)33-14-32-20/h3-5,8-10,15,18-19H,6-7,11-14H2,1-2H3,(H,26,28)/t18-,19+/m0/s1. The van der Waals surface area contributed by atoms with Gasteiger partial charge in [0.15, 0.2) is 23.0 Å². The lowest BCUT2D eigenvalue weighted by Gasteiger charge is -2.21. The third-order valence-electron chi connectivity index (χ3n) is 6.66. The van der Waals surface area contributed by atoms with Crippen molar-refractivity contribution in [3.05, 3.63) is 47.5 Å². The van der Waals surface area contributed by atoms with Crippen LogP contribution in [0.25, 0.3) is 0 Å². The largest absolute Gasteiger partial charge is 0.493 e. The van der Waals surface area contributed by atoms with E-state index in [0.29, 0.717) is 54.1 Å². The molecule has 1 N–H and O–H groups in total. The number of amides is 2. The van der Waals surface area contributed by atoms with Gasteiger partial charge in [-0.3, -0.25) is 9.59 Å². The highest BCUT2D eigenvalue weighted by atomic mass is 16.7. The van der Waals surface area contributed by atoms with Crippen molar-refractivity contribution >= 4 is 11.8 Å². The van der Waals surface area contributed by atoms with E-state index in [0.717, 1.165) is 18.4 Å². The third kappa shape index (κ3) is 4.17. The molecule has 3 aliphatic rings. The van der Waals surface area contributed by atoms with Gasteiger partial charge in [-0.15, -0.1) is 0 Å². The third-order valence-corrected chi connectivity index (χ3v) is 6.66. The Bertz CT molecular complexity index is 1070. The maximum absolute atomic E-state index is 13.4. The first-order valence-electron chi connectivity index (χ1n) is 11.3. The van der Waals surface area contributed by atoms with Crippen LogP contribution in [0.5, 0.6) is 23.0 Å². The molecular weight excluding hydrogens is 424 g/mol. The van der Waals surface area contributed by atoms with Crippen LogP contribution in [-0.2, 0) is 4.79 Å². The number of rotatable bonds is 7. The molecule has 8 heteroatoms. The SMILES string of the molecule is COc1cccc([C@@H]2CN(C(=O)c3ccc4c(c3)OCO4)C[C@H]2C(=O)NCC2CC2)c1OC. The second kappa shape index (κ2) is 8.84. The number of carbonyl (C=O) groups excluding carboxylic acids is 2. The smallest absolute Gasteiger partial charge is 0.254 e. The summed E-state index contributed by atoms with van der Waals surface area (Å²) < 4.78 is 21.9. The zero-order chi connectivity index (χ0) is 22.9. The topological polar surface area (TPSA) is 86.3 Å². The molecule has 0 bridgehead atoms. The van der Waals surface area contributed by atoms with Gasteiger partial charge in [-0.25, -0.2) is 0 Å². The summed E-state index contributed by atoms with van der Waals surface area (Å²) in [5, 5.41) is 3.10. The summed E-state index contributed by atoms with van der Waals surface area (Å²) in [6.45, 7) is 1.57. The highest BCUT2D eigenvalue weighted by molar-refractivity contribution is 5.96. The van der Waals surface area contributed by atoms with Crippen LogP contribution >= 0.6 is 0 Å². The van der Waals surface area contributed by atoms with Gasteiger partial charge in [0.05, 0.1) is 20.1 Å². The number of benzene rings is 2. The van der Waals surface area contributed by atoms with E-state index in [-0.39, 0.29) is 30.4 Å². The maximum atomic E-state index is 13.4. The molecule has 1 aliphatic carbocycles. The van der Waals surface area contributed by atoms with E-state index < -0.39 is 0 Å². The molecule has 8 nitrogen and oxygen atoms in total. The molecule has 2 fully saturated rings. The van der Waals surface area contributed by atoms with Crippen molar-refractivity contribution in [2.45, 2.75) is 18.8 Å². The predicted octanol–water partition coefficient (Wildman–Crippen LogP) is 2.81. The van der Waals surface area contributed by atoms with Gasteiger partial charge in [-0.05, 0) is 43.0 Å². The fraction of sp³-hybridized carbons (Fsp3) is 0.440. The Hall–Kier alpha value is -3.42. The van der Waals surface area contributed by atoms with Gasteiger partial charge in [-0.1, -0.05) is 12.1 Å². The van der Waals surface area contributed by atoms with Crippen molar-refractivity contribution in [1.82, 2.24) is 10.2 Å². The predicted molar refractivity (Wildman–Crippen MR) is 120 cm³/mol.